The molecule has 0 saturated heterocycles. The summed E-state index contributed by atoms with van der Waals surface area (Å²) in [6, 6.07) is 3.49. The molecule has 0 fully saturated rings. The van der Waals surface area contributed by atoms with Crippen LogP contribution in [0.2, 0.25) is 0 Å². The molecule has 0 amide bonds. The fourth-order valence-corrected chi connectivity index (χ4v) is 3.16. The lowest BCUT2D eigenvalue weighted by Crippen LogP contribution is -2.13. The molecule has 21 heavy (non-hydrogen) atoms. The molecule has 2 N–H and O–H groups in total. The van der Waals surface area contributed by atoms with Crippen LogP contribution in [0.25, 0.3) is 0 Å². The Morgan fingerprint density at radius 3 is 2.62 bits per heavy atom. The van der Waals surface area contributed by atoms with Gasteiger partial charge in [0, 0.05) is 43.8 Å². The van der Waals surface area contributed by atoms with Crippen LogP contribution in [0.4, 0.5) is 5.82 Å². The average Bonchev–Trinajstić information content (AvgIpc) is 2.96. The van der Waals surface area contributed by atoms with Gasteiger partial charge in [-0.05, 0) is 27.0 Å². The van der Waals surface area contributed by atoms with E-state index in [2.05, 4.69) is 15.1 Å². The van der Waals surface area contributed by atoms with Gasteiger partial charge in [0.2, 0.25) is 0 Å². The van der Waals surface area contributed by atoms with E-state index in [0.717, 1.165) is 5.69 Å². The maximum absolute atomic E-state index is 12.4. The van der Waals surface area contributed by atoms with Gasteiger partial charge < -0.3 is 9.88 Å². The standard InChI is InChI=1S/C13H21N5O2S/c1-10(2)18-9-12(7-11(18)8-14-3)21(19,20)16-13-5-6-17(4)15-13/h5-7,9-10,14H,8H2,1-4H3,(H,15,16). The maximum atomic E-state index is 12.4. The summed E-state index contributed by atoms with van der Waals surface area (Å²) in [5.41, 5.74) is 0.925. The van der Waals surface area contributed by atoms with E-state index < -0.39 is 10.0 Å². The topological polar surface area (TPSA) is 81.0 Å². The van der Waals surface area contributed by atoms with E-state index in [1.807, 2.05) is 25.5 Å². The minimum absolute atomic E-state index is 0.187. The quantitative estimate of drug-likeness (QED) is 0.843. The van der Waals surface area contributed by atoms with Gasteiger partial charge in [-0.15, -0.1) is 0 Å². The largest absolute Gasteiger partial charge is 0.346 e. The van der Waals surface area contributed by atoms with Crippen molar-refractivity contribution in [3.8, 4) is 0 Å². The summed E-state index contributed by atoms with van der Waals surface area (Å²) in [5.74, 6) is 0.310. The van der Waals surface area contributed by atoms with Gasteiger partial charge in [-0.25, -0.2) is 8.42 Å². The molecule has 0 aromatic carbocycles. The van der Waals surface area contributed by atoms with Gasteiger partial charge in [-0.2, -0.15) is 5.10 Å². The number of nitrogens with one attached hydrogen (secondary N) is 2. The number of sulfonamides is 1. The predicted octanol–water partition coefficient (Wildman–Crippen LogP) is 1.32. The van der Waals surface area contributed by atoms with E-state index in [0.29, 0.717) is 12.4 Å². The molecule has 0 aliphatic carbocycles. The number of nitrogens with zero attached hydrogens (tertiary/aromatic N) is 3. The number of aryl methyl sites for hydroxylation is 1. The van der Waals surface area contributed by atoms with Gasteiger partial charge in [0.05, 0.1) is 0 Å². The maximum Gasteiger partial charge on any atom is 0.264 e. The van der Waals surface area contributed by atoms with Crippen molar-refractivity contribution in [2.45, 2.75) is 31.3 Å². The van der Waals surface area contributed by atoms with Gasteiger partial charge in [0.15, 0.2) is 5.82 Å². The van der Waals surface area contributed by atoms with E-state index in [-0.39, 0.29) is 10.9 Å². The van der Waals surface area contributed by atoms with Crippen LogP contribution in [0.3, 0.4) is 0 Å². The molecule has 0 spiro atoms. The fourth-order valence-electron chi connectivity index (χ4n) is 2.11. The molecule has 2 aromatic rings. The second kappa shape index (κ2) is 5.90. The zero-order valence-electron chi connectivity index (χ0n) is 12.7. The molecular formula is C13H21N5O2S. The number of aromatic nitrogens is 3. The first-order valence-corrected chi connectivity index (χ1v) is 8.19. The average molecular weight is 311 g/mol. The Morgan fingerprint density at radius 2 is 2.10 bits per heavy atom. The third-order valence-electron chi connectivity index (χ3n) is 3.08. The van der Waals surface area contributed by atoms with Crippen molar-refractivity contribution >= 4 is 15.8 Å². The lowest BCUT2D eigenvalue weighted by Gasteiger charge is -2.11. The van der Waals surface area contributed by atoms with Crippen molar-refractivity contribution < 1.29 is 8.42 Å². The van der Waals surface area contributed by atoms with Crippen LogP contribution >= 0.6 is 0 Å². The molecule has 116 valence electrons. The summed E-state index contributed by atoms with van der Waals surface area (Å²) < 4.78 is 30.8. The van der Waals surface area contributed by atoms with Crippen LogP contribution in [-0.2, 0) is 23.6 Å². The SMILES string of the molecule is CNCc1cc(S(=O)(=O)Nc2ccn(C)n2)cn1C(C)C. The molecule has 7 nitrogen and oxygen atoms in total. The van der Waals surface area contributed by atoms with Crippen molar-refractivity contribution in [2.24, 2.45) is 7.05 Å². The first-order valence-electron chi connectivity index (χ1n) is 6.71. The van der Waals surface area contributed by atoms with E-state index >= 15 is 0 Å². The van der Waals surface area contributed by atoms with E-state index in [9.17, 15) is 8.42 Å². The smallest absolute Gasteiger partial charge is 0.264 e. The summed E-state index contributed by atoms with van der Waals surface area (Å²) in [6.07, 6.45) is 3.34. The molecule has 2 rings (SSSR count). The predicted molar refractivity (Wildman–Crippen MR) is 81.6 cm³/mol. The Labute approximate surface area is 125 Å². The van der Waals surface area contributed by atoms with Crippen molar-refractivity contribution in [1.82, 2.24) is 19.7 Å². The van der Waals surface area contributed by atoms with E-state index in [4.69, 9.17) is 0 Å². The first kappa shape index (κ1) is 15.6. The van der Waals surface area contributed by atoms with Gasteiger partial charge in [0.1, 0.15) is 4.90 Å². The van der Waals surface area contributed by atoms with Crippen molar-refractivity contribution in [3.05, 3.63) is 30.2 Å². The van der Waals surface area contributed by atoms with Gasteiger partial charge >= 0.3 is 0 Å². The zero-order valence-corrected chi connectivity index (χ0v) is 13.5. The molecule has 2 aromatic heterocycles. The molecule has 0 atom stereocenters. The molecule has 0 aliphatic heterocycles. The zero-order chi connectivity index (χ0) is 15.6. The summed E-state index contributed by atoms with van der Waals surface area (Å²) in [5, 5.41) is 7.07. The highest BCUT2D eigenvalue weighted by molar-refractivity contribution is 7.92. The number of rotatable bonds is 6. The molecule has 8 heteroatoms. The van der Waals surface area contributed by atoms with Crippen LogP contribution < -0.4 is 10.0 Å². The normalized spacial score (nSPS) is 12.0. The Hall–Kier alpha value is -1.80. The minimum atomic E-state index is -3.63. The van der Waals surface area contributed by atoms with Gasteiger partial charge in [-0.1, -0.05) is 0 Å². The molecule has 2 heterocycles. The summed E-state index contributed by atoms with van der Waals surface area (Å²) in [6.45, 7) is 4.64. The molecule has 0 bridgehead atoms. The molecular weight excluding hydrogens is 290 g/mol. The van der Waals surface area contributed by atoms with Crippen LogP contribution in [0, 0.1) is 0 Å². The lowest BCUT2D eigenvalue weighted by molar-refractivity contribution is 0.562. The Bertz CT molecular complexity index is 715. The van der Waals surface area contributed by atoms with Crippen LogP contribution in [0.15, 0.2) is 29.4 Å². The van der Waals surface area contributed by atoms with Crippen molar-refractivity contribution in [3.63, 3.8) is 0 Å². The first-order chi connectivity index (χ1) is 9.83. The fraction of sp³-hybridized carbons (Fsp3) is 0.462. The Kier molecular flexibility index (Phi) is 4.38. The van der Waals surface area contributed by atoms with Crippen LogP contribution in [0.5, 0.6) is 0 Å². The highest BCUT2D eigenvalue weighted by atomic mass is 32.2. The second-order valence-corrected chi connectivity index (χ2v) is 6.86. The summed E-state index contributed by atoms with van der Waals surface area (Å²) >= 11 is 0. The van der Waals surface area contributed by atoms with Crippen molar-refractivity contribution in [1.29, 1.82) is 0 Å². The van der Waals surface area contributed by atoms with E-state index in [1.54, 1.807) is 36.3 Å². The van der Waals surface area contributed by atoms with Crippen LogP contribution in [0.1, 0.15) is 25.6 Å². The summed E-state index contributed by atoms with van der Waals surface area (Å²) in [7, 11) is -0.0624. The van der Waals surface area contributed by atoms with Gasteiger partial charge in [0.25, 0.3) is 10.0 Å². The third-order valence-corrected chi connectivity index (χ3v) is 4.41. The van der Waals surface area contributed by atoms with Crippen molar-refractivity contribution in [2.75, 3.05) is 11.8 Å². The number of hydrogen-bond acceptors (Lipinski definition) is 4. The number of anilines is 1. The second-order valence-electron chi connectivity index (χ2n) is 5.18. The van der Waals surface area contributed by atoms with Gasteiger partial charge in [-0.3, -0.25) is 9.40 Å². The monoisotopic (exact) mass is 311 g/mol. The highest BCUT2D eigenvalue weighted by Crippen LogP contribution is 2.21. The third kappa shape index (κ3) is 3.45. The Balaban J connectivity index is 2.33. The molecule has 0 aliphatic rings. The lowest BCUT2D eigenvalue weighted by atomic mass is 10.3. The van der Waals surface area contributed by atoms with Crippen LogP contribution in [-0.4, -0.2) is 29.8 Å². The highest BCUT2D eigenvalue weighted by Gasteiger charge is 2.20. The van der Waals surface area contributed by atoms with E-state index in [1.165, 1.54) is 0 Å². The minimum Gasteiger partial charge on any atom is -0.346 e. The number of hydrogen-bond donors (Lipinski definition) is 2. The molecule has 0 unspecified atom stereocenters. The Morgan fingerprint density at radius 1 is 1.38 bits per heavy atom. The summed E-state index contributed by atoms with van der Waals surface area (Å²) in [4.78, 5) is 0.243. The molecule has 0 saturated carbocycles. The molecule has 0 radical (unpaired) electrons.